The highest BCUT2D eigenvalue weighted by Gasteiger charge is 2.16. The molecule has 0 saturated heterocycles. The lowest BCUT2D eigenvalue weighted by Crippen LogP contribution is -2.08. The fourth-order valence-corrected chi connectivity index (χ4v) is 1.35. The first-order valence-corrected chi connectivity index (χ1v) is 4.11. The molecular formula is C10H9FN2O2. The Morgan fingerprint density at radius 1 is 1.67 bits per heavy atom. The van der Waals surface area contributed by atoms with E-state index in [1.807, 2.05) is 0 Å². The Balaban J connectivity index is 2.80. The number of fused-ring (bicyclic) bond motifs is 1. The minimum absolute atomic E-state index is 0.0894. The predicted molar refractivity (Wildman–Crippen MR) is 52.0 cm³/mol. The molecule has 0 radical (unpaired) electrons. The first-order valence-electron chi connectivity index (χ1n) is 5.61. The number of rotatable bonds is 1. The van der Waals surface area contributed by atoms with Gasteiger partial charge in [-0.05, 0) is 12.1 Å². The average molecular weight is 211 g/mol. The van der Waals surface area contributed by atoms with E-state index in [4.69, 9.17) is 4.11 Å². The minimum atomic E-state index is -2.64. The Labute approximate surface area is 89.5 Å². The van der Waals surface area contributed by atoms with Crippen LogP contribution >= 0.6 is 0 Å². The lowest BCUT2D eigenvalue weighted by molar-refractivity contribution is 0.0590. The summed E-state index contributed by atoms with van der Waals surface area (Å²) in [5, 5.41) is 3.96. The summed E-state index contributed by atoms with van der Waals surface area (Å²) >= 11 is 0. The third-order valence-corrected chi connectivity index (χ3v) is 2.01. The zero-order valence-electron chi connectivity index (χ0n) is 10.8. The van der Waals surface area contributed by atoms with Gasteiger partial charge in [0, 0.05) is 22.5 Å². The molecule has 2 rings (SSSR count). The van der Waals surface area contributed by atoms with E-state index < -0.39 is 18.8 Å². The van der Waals surface area contributed by atoms with E-state index in [-0.39, 0.29) is 16.6 Å². The van der Waals surface area contributed by atoms with Crippen LogP contribution < -0.4 is 0 Å². The standard InChI is InChI=1S/C10H9FN2O2/c1-13-9(10(14)15-2)7-4-3-6(11)5-8(7)12-13/h3-5H,1-2H3/i1D3. The predicted octanol–water partition coefficient (Wildman–Crippen LogP) is 1.50. The molecule has 0 N–H and O–H groups in total. The van der Waals surface area contributed by atoms with Crippen LogP contribution in [0.1, 0.15) is 14.6 Å². The van der Waals surface area contributed by atoms with Crippen molar-refractivity contribution in [3.63, 3.8) is 0 Å². The first kappa shape index (κ1) is 6.55. The molecule has 0 aliphatic carbocycles. The molecule has 5 heteroatoms. The zero-order chi connectivity index (χ0) is 13.5. The van der Waals surface area contributed by atoms with Crippen LogP contribution in [-0.2, 0) is 11.7 Å². The first-order chi connectivity index (χ1) is 8.34. The van der Waals surface area contributed by atoms with Gasteiger partial charge in [0.2, 0.25) is 0 Å². The van der Waals surface area contributed by atoms with E-state index in [9.17, 15) is 9.18 Å². The number of carbonyl (C=O) groups is 1. The average Bonchev–Trinajstić information content (AvgIpc) is 2.66. The number of aryl methyl sites for hydroxylation is 1. The third kappa shape index (κ3) is 1.45. The highest BCUT2D eigenvalue weighted by atomic mass is 19.1. The van der Waals surface area contributed by atoms with Gasteiger partial charge in [0.25, 0.3) is 0 Å². The van der Waals surface area contributed by atoms with Gasteiger partial charge in [0.1, 0.15) is 5.82 Å². The molecule has 0 bridgehead atoms. The number of benzene rings is 1. The number of carbonyl (C=O) groups excluding carboxylic acids is 1. The summed E-state index contributed by atoms with van der Waals surface area (Å²) in [5.74, 6) is -1.39. The maximum atomic E-state index is 13.1. The molecule has 4 nitrogen and oxygen atoms in total. The van der Waals surface area contributed by atoms with E-state index >= 15 is 0 Å². The van der Waals surface area contributed by atoms with Crippen LogP contribution in [-0.4, -0.2) is 22.9 Å². The van der Waals surface area contributed by atoms with Crippen molar-refractivity contribution in [2.24, 2.45) is 6.98 Å². The molecule has 0 aliphatic heterocycles. The molecule has 0 spiro atoms. The van der Waals surface area contributed by atoms with Crippen LogP contribution in [0.2, 0.25) is 0 Å². The number of nitrogens with zero attached hydrogens (tertiary/aromatic N) is 2. The second kappa shape index (κ2) is 3.34. The van der Waals surface area contributed by atoms with Gasteiger partial charge in [0.15, 0.2) is 5.69 Å². The number of hydrogen-bond acceptors (Lipinski definition) is 3. The van der Waals surface area contributed by atoms with Crippen LogP contribution in [0.25, 0.3) is 10.9 Å². The normalized spacial score (nSPS) is 14.4. The molecule has 0 unspecified atom stereocenters. The number of hydrogen-bond donors (Lipinski definition) is 0. The fourth-order valence-electron chi connectivity index (χ4n) is 1.35. The molecular weight excluding hydrogens is 199 g/mol. The van der Waals surface area contributed by atoms with Crippen LogP contribution in [0, 0.1) is 5.82 Å². The topological polar surface area (TPSA) is 44.1 Å². The maximum absolute atomic E-state index is 13.1. The van der Waals surface area contributed by atoms with Gasteiger partial charge in [-0.15, -0.1) is 0 Å². The molecule has 1 aromatic heterocycles. The van der Waals surface area contributed by atoms with Gasteiger partial charge in [0.05, 0.1) is 12.6 Å². The number of methoxy groups -OCH3 is 1. The molecule has 78 valence electrons. The van der Waals surface area contributed by atoms with Crippen LogP contribution in [0.15, 0.2) is 18.2 Å². The summed E-state index contributed by atoms with van der Waals surface area (Å²) < 4.78 is 40.1. The summed E-state index contributed by atoms with van der Waals surface area (Å²) in [7, 11) is 1.13. The van der Waals surface area contributed by atoms with Crippen molar-refractivity contribution >= 4 is 16.9 Å². The van der Waals surface area contributed by atoms with Crippen molar-refractivity contribution in [1.82, 2.24) is 9.78 Å². The maximum Gasteiger partial charge on any atom is 0.356 e. The zero-order valence-corrected chi connectivity index (χ0v) is 7.82. The highest BCUT2D eigenvalue weighted by Crippen LogP contribution is 2.19. The number of aromatic nitrogens is 2. The Morgan fingerprint density at radius 3 is 3.13 bits per heavy atom. The summed E-state index contributed by atoms with van der Waals surface area (Å²) in [6, 6.07) is 3.48. The van der Waals surface area contributed by atoms with Gasteiger partial charge in [-0.2, -0.15) is 5.10 Å². The SMILES string of the molecule is [2H]C([2H])([2H])n1nc2cc(F)ccc2c1C(=O)OC. The molecule has 0 amide bonds. The van der Waals surface area contributed by atoms with E-state index in [0.717, 1.165) is 19.2 Å². The number of halogens is 1. The van der Waals surface area contributed by atoms with Crippen molar-refractivity contribution in [3.05, 3.63) is 29.7 Å². The summed E-state index contributed by atoms with van der Waals surface area (Å²) in [4.78, 5) is 11.6. The molecule has 15 heavy (non-hydrogen) atoms. The highest BCUT2D eigenvalue weighted by molar-refractivity contribution is 6.02. The van der Waals surface area contributed by atoms with Gasteiger partial charge >= 0.3 is 5.97 Å². The van der Waals surface area contributed by atoms with E-state index in [1.165, 1.54) is 6.07 Å². The summed E-state index contributed by atoms with van der Waals surface area (Å²) in [5.41, 5.74) is -0.126. The van der Waals surface area contributed by atoms with E-state index in [0.29, 0.717) is 4.68 Å². The van der Waals surface area contributed by atoms with Crippen molar-refractivity contribution in [3.8, 4) is 0 Å². The van der Waals surface area contributed by atoms with Crippen molar-refractivity contribution < 1.29 is 18.0 Å². The monoisotopic (exact) mass is 211 g/mol. The van der Waals surface area contributed by atoms with Crippen LogP contribution in [0.5, 0.6) is 0 Å². The van der Waals surface area contributed by atoms with Gasteiger partial charge in [-0.25, -0.2) is 9.18 Å². The minimum Gasteiger partial charge on any atom is -0.464 e. The Kier molecular flexibility index (Phi) is 1.46. The molecule has 1 aromatic carbocycles. The lowest BCUT2D eigenvalue weighted by Gasteiger charge is -1.98. The van der Waals surface area contributed by atoms with Crippen molar-refractivity contribution in [2.75, 3.05) is 7.11 Å². The molecule has 1 heterocycles. The lowest BCUT2D eigenvalue weighted by atomic mass is 10.2. The van der Waals surface area contributed by atoms with Crippen LogP contribution in [0.4, 0.5) is 4.39 Å². The Hall–Kier alpha value is -1.91. The van der Waals surface area contributed by atoms with Gasteiger partial charge in [-0.3, -0.25) is 4.68 Å². The molecule has 0 saturated carbocycles. The van der Waals surface area contributed by atoms with E-state index in [2.05, 4.69) is 9.84 Å². The van der Waals surface area contributed by atoms with Gasteiger partial charge < -0.3 is 4.74 Å². The van der Waals surface area contributed by atoms with Crippen molar-refractivity contribution in [2.45, 2.75) is 0 Å². The second-order valence-corrected chi connectivity index (χ2v) is 2.91. The summed E-state index contributed by atoms with van der Waals surface area (Å²) in [6.07, 6.45) is 0. The molecule has 0 aliphatic rings. The smallest absolute Gasteiger partial charge is 0.356 e. The van der Waals surface area contributed by atoms with E-state index in [1.54, 1.807) is 0 Å². The Morgan fingerprint density at radius 2 is 2.47 bits per heavy atom. The van der Waals surface area contributed by atoms with Crippen LogP contribution in [0.3, 0.4) is 0 Å². The second-order valence-electron chi connectivity index (χ2n) is 2.91. The molecule has 0 fully saturated rings. The number of esters is 1. The third-order valence-electron chi connectivity index (χ3n) is 2.01. The van der Waals surface area contributed by atoms with Gasteiger partial charge in [-0.1, -0.05) is 0 Å². The molecule has 2 aromatic rings. The van der Waals surface area contributed by atoms with Crippen molar-refractivity contribution in [1.29, 1.82) is 0 Å². The quantitative estimate of drug-likeness (QED) is 0.671. The summed E-state index contributed by atoms with van der Waals surface area (Å²) in [6.45, 7) is -2.64. The number of ether oxygens (including phenoxy) is 1. The largest absolute Gasteiger partial charge is 0.464 e. The molecule has 0 atom stereocenters. The Bertz CT molecular complexity index is 621. The fraction of sp³-hybridized carbons (Fsp3) is 0.200.